The van der Waals surface area contributed by atoms with Gasteiger partial charge < -0.3 is 10.4 Å². The Balaban J connectivity index is 2.05. The van der Waals surface area contributed by atoms with E-state index < -0.39 is 0 Å². The van der Waals surface area contributed by atoms with Crippen LogP contribution in [0, 0.1) is 17.0 Å². The van der Waals surface area contributed by atoms with Crippen LogP contribution in [0.2, 0.25) is 0 Å². The first-order valence-electron chi connectivity index (χ1n) is 6.26. The van der Waals surface area contributed by atoms with Gasteiger partial charge in [0.05, 0.1) is 11.0 Å². The lowest BCUT2D eigenvalue weighted by atomic mass is 9.93. The van der Waals surface area contributed by atoms with Crippen LogP contribution in [0.15, 0.2) is 18.2 Å². The summed E-state index contributed by atoms with van der Waals surface area (Å²) in [6.07, 6.45) is 3.22. The summed E-state index contributed by atoms with van der Waals surface area (Å²) in [6, 6.07) is 5.52. The van der Waals surface area contributed by atoms with Gasteiger partial charge in [0.1, 0.15) is 0 Å². The molecule has 0 unspecified atom stereocenters. The number of nitro benzene ring substituents is 1. The van der Waals surface area contributed by atoms with E-state index in [0.29, 0.717) is 11.6 Å². The van der Waals surface area contributed by atoms with Crippen LogP contribution in [0.4, 0.5) is 11.4 Å². The van der Waals surface area contributed by atoms with Crippen molar-refractivity contribution in [2.75, 3.05) is 5.32 Å². The summed E-state index contributed by atoms with van der Waals surface area (Å²) in [5, 5.41) is 23.6. The molecule has 5 heteroatoms. The van der Waals surface area contributed by atoms with Gasteiger partial charge >= 0.3 is 0 Å². The molecule has 0 aromatic heterocycles. The molecule has 5 nitrogen and oxygen atoms in total. The summed E-state index contributed by atoms with van der Waals surface area (Å²) >= 11 is 0. The fraction of sp³-hybridized carbons (Fsp3) is 0.538. The third kappa shape index (κ3) is 2.98. The molecule has 0 bridgehead atoms. The van der Waals surface area contributed by atoms with E-state index in [1.54, 1.807) is 19.1 Å². The second kappa shape index (κ2) is 5.35. The van der Waals surface area contributed by atoms with E-state index in [-0.39, 0.29) is 16.7 Å². The molecule has 1 aliphatic rings. The third-order valence-corrected chi connectivity index (χ3v) is 3.47. The molecule has 98 valence electrons. The minimum atomic E-state index is -0.356. The lowest BCUT2D eigenvalue weighted by Crippen LogP contribution is -2.28. The van der Waals surface area contributed by atoms with Crippen molar-refractivity contribution < 1.29 is 10.0 Å². The van der Waals surface area contributed by atoms with Crippen molar-refractivity contribution in [3.05, 3.63) is 33.9 Å². The van der Waals surface area contributed by atoms with Crippen LogP contribution in [0.1, 0.15) is 31.2 Å². The molecule has 0 saturated heterocycles. The van der Waals surface area contributed by atoms with Crippen LogP contribution in [0.5, 0.6) is 0 Å². The SMILES string of the molecule is Cc1ccc(NC2CCC(O)CC2)cc1[N+](=O)[O-]. The lowest BCUT2D eigenvalue weighted by Gasteiger charge is -2.27. The van der Waals surface area contributed by atoms with E-state index in [2.05, 4.69) is 5.32 Å². The zero-order valence-electron chi connectivity index (χ0n) is 10.4. The Labute approximate surface area is 106 Å². The first kappa shape index (κ1) is 12.8. The van der Waals surface area contributed by atoms with Crippen LogP contribution in [-0.4, -0.2) is 22.2 Å². The van der Waals surface area contributed by atoms with Crippen molar-refractivity contribution >= 4 is 11.4 Å². The van der Waals surface area contributed by atoms with E-state index in [1.165, 1.54) is 0 Å². The van der Waals surface area contributed by atoms with Gasteiger partial charge in [-0.15, -0.1) is 0 Å². The molecule has 1 aromatic rings. The minimum absolute atomic E-state index is 0.149. The van der Waals surface area contributed by atoms with Crippen molar-refractivity contribution in [3.8, 4) is 0 Å². The predicted octanol–water partition coefficient (Wildman–Crippen LogP) is 2.62. The number of aliphatic hydroxyl groups excluding tert-OH is 1. The number of nitrogens with zero attached hydrogens (tertiary/aromatic N) is 1. The zero-order chi connectivity index (χ0) is 13.1. The smallest absolute Gasteiger partial charge is 0.274 e. The number of hydrogen-bond acceptors (Lipinski definition) is 4. The standard InChI is InChI=1S/C13H18N2O3/c1-9-2-3-11(8-13(9)15(17)18)14-10-4-6-12(16)7-5-10/h2-3,8,10,12,14,16H,4-7H2,1H3. The van der Waals surface area contributed by atoms with Gasteiger partial charge in [-0.3, -0.25) is 10.1 Å². The van der Waals surface area contributed by atoms with E-state index in [9.17, 15) is 15.2 Å². The van der Waals surface area contributed by atoms with Gasteiger partial charge in [0.15, 0.2) is 0 Å². The number of benzene rings is 1. The number of aryl methyl sites for hydroxylation is 1. The minimum Gasteiger partial charge on any atom is -0.393 e. The van der Waals surface area contributed by atoms with E-state index >= 15 is 0 Å². The average molecular weight is 250 g/mol. The van der Waals surface area contributed by atoms with Crippen LogP contribution < -0.4 is 5.32 Å². The zero-order valence-corrected chi connectivity index (χ0v) is 10.4. The van der Waals surface area contributed by atoms with Gasteiger partial charge in [-0.2, -0.15) is 0 Å². The van der Waals surface area contributed by atoms with Gasteiger partial charge in [-0.05, 0) is 38.7 Å². The third-order valence-electron chi connectivity index (χ3n) is 3.47. The molecule has 2 N–H and O–H groups in total. The highest BCUT2D eigenvalue weighted by atomic mass is 16.6. The predicted molar refractivity (Wildman–Crippen MR) is 69.7 cm³/mol. The maximum Gasteiger partial charge on any atom is 0.274 e. The quantitative estimate of drug-likeness (QED) is 0.638. The van der Waals surface area contributed by atoms with Crippen molar-refractivity contribution in [1.82, 2.24) is 0 Å². The van der Waals surface area contributed by atoms with Crippen LogP contribution in [-0.2, 0) is 0 Å². The number of hydrogen-bond donors (Lipinski definition) is 2. The van der Waals surface area contributed by atoms with Crippen LogP contribution in [0.25, 0.3) is 0 Å². The van der Waals surface area contributed by atoms with Crippen LogP contribution >= 0.6 is 0 Å². The molecule has 0 amide bonds. The fourth-order valence-corrected chi connectivity index (χ4v) is 2.35. The highest BCUT2D eigenvalue weighted by molar-refractivity contribution is 5.55. The molecule has 1 aromatic carbocycles. The average Bonchev–Trinajstić information content (AvgIpc) is 2.34. The molecule has 0 aliphatic heterocycles. The molecule has 0 heterocycles. The molecule has 1 aliphatic carbocycles. The van der Waals surface area contributed by atoms with Crippen molar-refractivity contribution in [2.45, 2.75) is 44.8 Å². The topological polar surface area (TPSA) is 75.4 Å². The Morgan fingerprint density at radius 3 is 2.61 bits per heavy atom. The van der Waals surface area contributed by atoms with Gasteiger partial charge in [-0.1, -0.05) is 6.07 Å². The largest absolute Gasteiger partial charge is 0.393 e. The molecule has 0 atom stereocenters. The number of rotatable bonds is 3. The summed E-state index contributed by atoms with van der Waals surface area (Å²) in [5.41, 5.74) is 1.61. The molecular weight excluding hydrogens is 232 g/mol. The summed E-state index contributed by atoms with van der Waals surface area (Å²) < 4.78 is 0. The fourth-order valence-electron chi connectivity index (χ4n) is 2.35. The summed E-state index contributed by atoms with van der Waals surface area (Å²) in [7, 11) is 0. The summed E-state index contributed by atoms with van der Waals surface area (Å²) in [6.45, 7) is 1.73. The van der Waals surface area contributed by atoms with E-state index in [1.807, 2.05) is 6.07 Å². The molecule has 2 rings (SSSR count). The van der Waals surface area contributed by atoms with E-state index in [4.69, 9.17) is 0 Å². The molecule has 0 spiro atoms. The van der Waals surface area contributed by atoms with Crippen molar-refractivity contribution in [3.63, 3.8) is 0 Å². The van der Waals surface area contributed by atoms with Crippen molar-refractivity contribution in [1.29, 1.82) is 0 Å². The monoisotopic (exact) mass is 250 g/mol. The second-order valence-electron chi connectivity index (χ2n) is 4.91. The van der Waals surface area contributed by atoms with Crippen molar-refractivity contribution in [2.24, 2.45) is 0 Å². The normalized spacial score (nSPS) is 23.7. The number of aliphatic hydroxyl groups is 1. The molecule has 0 radical (unpaired) electrons. The Kier molecular flexibility index (Phi) is 3.81. The highest BCUT2D eigenvalue weighted by Gasteiger charge is 2.20. The maximum absolute atomic E-state index is 10.9. The Hall–Kier alpha value is -1.62. The number of nitro groups is 1. The Bertz CT molecular complexity index is 440. The van der Waals surface area contributed by atoms with Crippen LogP contribution in [0.3, 0.4) is 0 Å². The first-order valence-corrected chi connectivity index (χ1v) is 6.26. The number of nitrogens with one attached hydrogen (secondary N) is 1. The Morgan fingerprint density at radius 1 is 1.33 bits per heavy atom. The van der Waals surface area contributed by atoms with Gasteiger partial charge in [0, 0.05) is 23.4 Å². The molecule has 1 saturated carbocycles. The highest BCUT2D eigenvalue weighted by Crippen LogP contribution is 2.26. The number of anilines is 1. The Morgan fingerprint density at radius 2 is 2.00 bits per heavy atom. The van der Waals surface area contributed by atoms with Gasteiger partial charge in [0.25, 0.3) is 5.69 Å². The van der Waals surface area contributed by atoms with Gasteiger partial charge in [-0.25, -0.2) is 0 Å². The molecule has 1 fully saturated rings. The molecule has 18 heavy (non-hydrogen) atoms. The van der Waals surface area contributed by atoms with Gasteiger partial charge in [0.2, 0.25) is 0 Å². The molecular formula is C13H18N2O3. The lowest BCUT2D eigenvalue weighted by molar-refractivity contribution is -0.385. The first-order chi connectivity index (χ1) is 8.56. The maximum atomic E-state index is 10.9. The summed E-state index contributed by atoms with van der Waals surface area (Å²) in [5.74, 6) is 0. The second-order valence-corrected chi connectivity index (χ2v) is 4.91. The van der Waals surface area contributed by atoms with E-state index in [0.717, 1.165) is 31.4 Å². The summed E-state index contributed by atoms with van der Waals surface area (Å²) in [4.78, 5) is 10.5.